The summed E-state index contributed by atoms with van der Waals surface area (Å²) in [7, 11) is 0. The summed E-state index contributed by atoms with van der Waals surface area (Å²) in [5.41, 5.74) is 5.53. The van der Waals surface area contributed by atoms with Gasteiger partial charge in [0.05, 0.1) is 18.5 Å². The van der Waals surface area contributed by atoms with Crippen LogP contribution in [0.5, 0.6) is 5.75 Å². The van der Waals surface area contributed by atoms with Gasteiger partial charge in [-0.05, 0) is 47.2 Å². The minimum Gasteiger partial charge on any atom is -0.494 e. The quantitative estimate of drug-likeness (QED) is 0.274. The van der Waals surface area contributed by atoms with Crippen LogP contribution in [0.3, 0.4) is 0 Å². The van der Waals surface area contributed by atoms with Gasteiger partial charge in [-0.15, -0.1) is 0 Å². The Morgan fingerprint density at radius 1 is 0.906 bits per heavy atom. The summed E-state index contributed by atoms with van der Waals surface area (Å²) < 4.78 is 7.55. The van der Waals surface area contributed by atoms with Gasteiger partial charge >= 0.3 is 0 Å². The predicted molar refractivity (Wildman–Crippen MR) is 133 cm³/mol. The average molecular weight is 426 g/mol. The number of benzene rings is 3. The van der Waals surface area contributed by atoms with E-state index in [1.165, 1.54) is 11.1 Å². The second-order valence-corrected chi connectivity index (χ2v) is 8.59. The van der Waals surface area contributed by atoms with E-state index >= 15 is 0 Å². The molecule has 0 saturated carbocycles. The molecule has 4 aromatic rings. The Hall–Kier alpha value is -3.33. The molecular weight excluding hydrogens is 394 g/mol. The van der Waals surface area contributed by atoms with E-state index in [9.17, 15) is 4.79 Å². The Bertz CT molecular complexity index is 1200. The maximum atomic E-state index is 13.3. The zero-order chi connectivity index (χ0) is 22.5. The molecular formula is C29H31NO2. The first-order valence-corrected chi connectivity index (χ1v) is 11.5. The number of unbranched alkanes of at least 4 members (excludes halogenated alkanes) is 1. The summed E-state index contributed by atoms with van der Waals surface area (Å²) in [6.07, 6.45) is 4.51. The number of hydrogen-bond donors (Lipinski definition) is 0. The van der Waals surface area contributed by atoms with Crippen LogP contribution in [0.4, 0.5) is 0 Å². The minimum absolute atomic E-state index is 0.0640. The average Bonchev–Trinajstić information content (AvgIpc) is 3.20. The topological polar surface area (TPSA) is 31.2 Å². The van der Waals surface area contributed by atoms with Gasteiger partial charge in [-0.2, -0.15) is 0 Å². The van der Waals surface area contributed by atoms with Crippen molar-refractivity contribution in [3.05, 3.63) is 90.1 Å². The normalized spacial score (nSPS) is 11.2. The van der Waals surface area contributed by atoms with Crippen LogP contribution in [-0.4, -0.2) is 17.1 Å². The van der Waals surface area contributed by atoms with Gasteiger partial charge in [-0.1, -0.05) is 81.8 Å². The highest BCUT2D eigenvalue weighted by Crippen LogP contribution is 2.35. The Labute approximate surface area is 190 Å². The summed E-state index contributed by atoms with van der Waals surface area (Å²) in [6, 6.07) is 24.5. The molecule has 3 heteroatoms. The van der Waals surface area contributed by atoms with Gasteiger partial charge in [-0.3, -0.25) is 9.36 Å². The van der Waals surface area contributed by atoms with Gasteiger partial charge in [0.25, 0.3) is 0 Å². The standard InChI is InChI=1S/C29H31NO2/c1-4-5-18-32-23-16-14-22(15-17-23)19-29(31)30-20-27(26-12-8-9-13-28(26)30)25-11-7-6-10-24(25)21(2)3/h6-17,20-21H,4-5,18-19H2,1-3H3. The third-order valence-corrected chi connectivity index (χ3v) is 5.90. The minimum atomic E-state index is 0.0640. The van der Waals surface area contributed by atoms with Crippen molar-refractivity contribution < 1.29 is 9.53 Å². The molecule has 4 rings (SSSR count). The molecule has 0 amide bonds. The Kier molecular flexibility index (Phi) is 6.75. The predicted octanol–water partition coefficient (Wildman–Crippen LogP) is 7.49. The molecule has 3 aromatic carbocycles. The molecule has 0 aliphatic carbocycles. The van der Waals surface area contributed by atoms with Crippen molar-refractivity contribution in [1.82, 2.24) is 4.57 Å². The fourth-order valence-electron chi connectivity index (χ4n) is 4.14. The van der Waals surface area contributed by atoms with Gasteiger partial charge in [-0.25, -0.2) is 0 Å². The van der Waals surface area contributed by atoms with Crippen LogP contribution in [0.15, 0.2) is 79.0 Å². The van der Waals surface area contributed by atoms with Crippen LogP contribution in [0.1, 0.15) is 55.5 Å². The fraction of sp³-hybridized carbons (Fsp3) is 0.276. The zero-order valence-electron chi connectivity index (χ0n) is 19.2. The van der Waals surface area contributed by atoms with E-state index in [0.29, 0.717) is 12.3 Å². The van der Waals surface area contributed by atoms with Gasteiger partial charge in [0.15, 0.2) is 0 Å². The lowest BCUT2D eigenvalue weighted by molar-refractivity contribution is 0.0919. The molecule has 0 fully saturated rings. The van der Waals surface area contributed by atoms with E-state index in [4.69, 9.17) is 4.74 Å². The number of hydrogen-bond acceptors (Lipinski definition) is 2. The largest absolute Gasteiger partial charge is 0.494 e. The van der Waals surface area contributed by atoms with Crippen LogP contribution >= 0.6 is 0 Å². The lowest BCUT2D eigenvalue weighted by Crippen LogP contribution is -2.12. The Balaban J connectivity index is 1.63. The number of aromatic nitrogens is 1. The molecule has 0 radical (unpaired) electrons. The van der Waals surface area contributed by atoms with Crippen LogP contribution in [0, 0.1) is 0 Å². The molecule has 0 unspecified atom stereocenters. The summed E-state index contributed by atoms with van der Waals surface area (Å²) in [4.78, 5) is 13.3. The summed E-state index contributed by atoms with van der Waals surface area (Å²) in [5, 5.41) is 1.11. The fourth-order valence-corrected chi connectivity index (χ4v) is 4.14. The first-order valence-electron chi connectivity index (χ1n) is 11.5. The highest BCUT2D eigenvalue weighted by atomic mass is 16.5. The number of fused-ring (bicyclic) bond motifs is 1. The van der Waals surface area contributed by atoms with Gasteiger partial charge in [0.1, 0.15) is 5.75 Å². The van der Waals surface area contributed by atoms with E-state index in [1.807, 2.05) is 53.2 Å². The van der Waals surface area contributed by atoms with Crippen LogP contribution in [-0.2, 0) is 6.42 Å². The van der Waals surface area contributed by atoms with Gasteiger partial charge in [0, 0.05) is 17.1 Å². The van der Waals surface area contributed by atoms with Crippen molar-refractivity contribution in [2.45, 2.75) is 46.0 Å². The molecule has 0 saturated heterocycles. The van der Waals surface area contributed by atoms with Crippen LogP contribution in [0.2, 0.25) is 0 Å². The number of ether oxygens (including phenoxy) is 1. The zero-order valence-corrected chi connectivity index (χ0v) is 19.2. The Morgan fingerprint density at radius 2 is 1.62 bits per heavy atom. The van der Waals surface area contributed by atoms with Crippen molar-refractivity contribution >= 4 is 16.8 Å². The van der Waals surface area contributed by atoms with E-state index in [-0.39, 0.29) is 5.91 Å². The number of carbonyl (C=O) groups is 1. The maximum Gasteiger partial charge on any atom is 0.235 e. The SMILES string of the molecule is CCCCOc1ccc(CC(=O)n2cc(-c3ccccc3C(C)C)c3ccccc32)cc1. The van der Waals surface area contributed by atoms with Crippen molar-refractivity contribution in [3.63, 3.8) is 0 Å². The summed E-state index contributed by atoms with van der Waals surface area (Å²) in [5.74, 6) is 1.32. The Morgan fingerprint density at radius 3 is 2.38 bits per heavy atom. The molecule has 0 atom stereocenters. The second-order valence-electron chi connectivity index (χ2n) is 8.59. The highest BCUT2D eigenvalue weighted by Gasteiger charge is 2.17. The van der Waals surface area contributed by atoms with Gasteiger partial charge < -0.3 is 4.74 Å². The van der Waals surface area contributed by atoms with E-state index in [1.54, 1.807) is 0 Å². The molecule has 1 aromatic heterocycles. The van der Waals surface area contributed by atoms with Crippen molar-refractivity contribution in [3.8, 4) is 16.9 Å². The third-order valence-electron chi connectivity index (χ3n) is 5.90. The molecule has 1 heterocycles. The number of carbonyl (C=O) groups excluding carboxylic acids is 1. The van der Waals surface area contributed by atoms with Crippen molar-refractivity contribution in [1.29, 1.82) is 0 Å². The first kappa shape index (κ1) is 21.9. The third kappa shape index (κ3) is 4.62. The lowest BCUT2D eigenvalue weighted by atomic mass is 9.92. The second kappa shape index (κ2) is 9.86. The summed E-state index contributed by atoms with van der Waals surface area (Å²) in [6.45, 7) is 7.29. The number of para-hydroxylation sites is 1. The molecule has 3 nitrogen and oxygen atoms in total. The smallest absolute Gasteiger partial charge is 0.235 e. The molecule has 0 spiro atoms. The molecule has 0 aliphatic rings. The van der Waals surface area contributed by atoms with Crippen molar-refractivity contribution in [2.75, 3.05) is 6.61 Å². The highest BCUT2D eigenvalue weighted by molar-refractivity contribution is 6.02. The molecule has 0 N–H and O–H groups in total. The van der Waals surface area contributed by atoms with E-state index in [0.717, 1.165) is 47.2 Å². The molecule has 0 bridgehead atoms. The number of nitrogens with zero attached hydrogens (tertiary/aromatic N) is 1. The number of rotatable bonds is 8. The molecule has 164 valence electrons. The maximum absolute atomic E-state index is 13.3. The van der Waals surface area contributed by atoms with E-state index < -0.39 is 0 Å². The molecule has 32 heavy (non-hydrogen) atoms. The van der Waals surface area contributed by atoms with E-state index in [2.05, 4.69) is 51.1 Å². The van der Waals surface area contributed by atoms with Crippen LogP contribution in [0.25, 0.3) is 22.0 Å². The van der Waals surface area contributed by atoms with Crippen LogP contribution < -0.4 is 4.74 Å². The summed E-state index contributed by atoms with van der Waals surface area (Å²) >= 11 is 0. The first-order chi connectivity index (χ1) is 15.6. The van der Waals surface area contributed by atoms with Gasteiger partial charge in [0.2, 0.25) is 5.91 Å². The molecule has 0 aliphatic heterocycles. The van der Waals surface area contributed by atoms with Crippen molar-refractivity contribution in [2.24, 2.45) is 0 Å². The monoisotopic (exact) mass is 425 g/mol. The lowest BCUT2D eigenvalue weighted by Gasteiger charge is -2.11.